The average Bonchev–Trinajstić information content (AvgIpc) is 2.98. The minimum atomic E-state index is -0.924. The molecule has 0 aromatic carbocycles. The molecule has 1 amide bonds. The van der Waals surface area contributed by atoms with Crippen LogP contribution < -0.4 is 16.2 Å². The number of fused-ring (bicyclic) bond motifs is 1. The number of hydrogen-bond donors (Lipinski definition) is 2. The molecule has 4 N–H and O–H groups in total. The van der Waals surface area contributed by atoms with Gasteiger partial charge in [-0.1, -0.05) is 11.3 Å². The Hall–Kier alpha value is -2.61. The summed E-state index contributed by atoms with van der Waals surface area (Å²) in [6.45, 7) is 1.76. The number of primary amides is 1. The molecule has 0 saturated carbocycles. The van der Waals surface area contributed by atoms with E-state index >= 15 is 0 Å². The number of nitrogen functional groups attached to an aromatic ring is 1. The lowest BCUT2D eigenvalue weighted by molar-refractivity contribution is 0.212. The van der Waals surface area contributed by atoms with E-state index in [0.717, 1.165) is 11.3 Å². The molecule has 0 fully saturated rings. The highest BCUT2D eigenvalue weighted by Crippen LogP contribution is 2.43. The highest BCUT2D eigenvalue weighted by Gasteiger charge is 2.20. The lowest BCUT2D eigenvalue weighted by Gasteiger charge is -2.02. The summed E-state index contributed by atoms with van der Waals surface area (Å²) in [5.74, 6) is 1.13. The average molecular weight is 290 g/mol. The van der Waals surface area contributed by atoms with Gasteiger partial charge in [0.1, 0.15) is 16.3 Å². The predicted molar refractivity (Wildman–Crippen MR) is 74.5 cm³/mol. The van der Waals surface area contributed by atoms with Crippen molar-refractivity contribution in [2.75, 3.05) is 5.73 Å². The number of carbonyl (C=O) groups is 1. The number of ether oxygens (including phenoxy) is 1. The van der Waals surface area contributed by atoms with Crippen molar-refractivity contribution in [1.29, 1.82) is 0 Å². The fourth-order valence-corrected chi connectivity index (χ4v) is 2.86. The molecule has 0 unspecified atom stereocenters. The minimum absolute atomic E-state index is 0.209. The van der Waals surface area contributed by atoms with E-state index in [1.807, 2.05) is 0 Å². The molecule has 3 aromatic heterocycles. The van der Waals surface area contributed by atoms with Crippen LogP contribution in [0.5, 0.6) is 5.06 Å². The minimum Gasteiger partial charge on any atom is -0.463 e. The molecule has 0 aliphatic rings. The van der Waals surface area contributed by atoms with E-state index in [0.29, 0.717) is 27.5 Å². The number of carbonyl (C=O) groups excluding carboxylic acids is 1. The molecule has 8 heteroatoms. The molecule has 3 rings (SSSR count). The largest absolute Gasteiger partial charge is 0.463 e. The molecule has 0 aliphatic heterocycles. The van der Waals surface area contributed by atoms with Gasteiger partial charge in [-0.05, 0) is 19.1 Å². The van der Waals surface area contributed by atoms with Gasteiger partial charge in [0, 0.05) is 0 Å². The van der Waals surface area contributed by atoms with E-state index in [1.54, 1.807) is 25.3 Å². The van der Waals surface area contributed by atoms with Gasteiger partial charge in [-0.15, -0.1) is 0 Å². The van der Waals surface area contributed by atoms with Crippen molar-refractivity contribution >= 4 is 33.3 Å². The second-order valence-corrected chi connectivity index (χ2v) is 4.96. The molecule has 3 aromatic rings. The van der Waals surface area contributed by atoms with Crippen molar-refractivity contribution in [2.45, 2.75) is 6.92 Å². The van der Waals surface area contributed by atoms with E-state index in [-0.39, 0.29) is 10.8 Å². The maximum atomic E-state index is 10.9. The molecule has 20 heavy (non-hydrogen) atoms. The Balaban J connectivity index is 2.29. The van der Waals surface area contributed by atoms with Crippen molar-refractivity contribution in [3.05, 3.63) is 24.2 Å². The topological polar surface area (TPSA) is 117 Å². The maximum absolute atomic E-state index is 10.9. The molecule has 0 radical (unpaired) electrons. The first kappa shape index (κ1) is 12.4. The van der Waals surface area contributed by atoms with Gasteiger partial charge in [0.2, 0.25) is 5.06 Å². The standard InChI is InChI=1S/C12H10N4O3S/c1-5-15-9(6-3-2-4-18-6)7-8(13)11(19-12(14)17)20-10(7)16-5/h2-4H,13H2,1H3,(H2,14,17). The van der Waals surface area contributed by atoms with Crippen molar-refractivity contribution in [2.24, 2.45) is 5.73 Å². The number of furan rings is 1. The van der Waals surface area contributed by atoms with Crippen LogP contribution in [0.15, 0.2) is 22.8 Å². The molecule has 7 nitrogen and oxygen atoms in total. The Kier molecular flexibility index (Phi) is 2.79. The molecule has 0 atom stereocenters. The van der Waals surface area contributed by atoms with E-state index in [2.05, 4.69) is 9.97 Å². The number of aryl methyl sites for hydroxylation is 1. The smallest absolute Gasteiger partial charge is 0.410 e. The molecule has 0 bridgehead atoms. The number of anilines is 1. The zero-order valence-corrected chi connectivity index (χ0v) is 11.2. The molecule has 0 aliphatic carbocycles. The van der Waals surface area contributed by atoms with Crippen LogP contribution >= 0.6 is 11.3 Å². The SMILES string of the molecule is Cc1nc(-c2ccco2)c2c(N)c(OC(N)=O)sc2n1. The Bertz CT molecular complexity index is 795. The molecule has 3 heterocycles. The summed E-state index contributed by atoms with van der Waals surface area (Å²) in [5, 5.41) is 0.798. The van der Waals surface area contributed by atoms with E-state index in [4.69, 9.17) is 20.6 Å². The third-order valence-corrected chi connectivity index (χ3v) is 3.59. The lowest BCUT2D eigenvalue weighted by Crippen LogP contribution is -2.16. The van der Waals surface area contributed by atoms with Crippen molar-refractivity contribution < 1.29 is 13.9 Å². The van der Waals surface area contributed by atoms with Crippen LogP contribution in [-0.2, 0) is 0 Å². The maximum Gasteiger partial charge on any atom is 0.410 e. The Morgan fingerprint density at radius 3 is 2.90 bits per heavy atom. The fraction of sp³-hybridized carbons (Fsp3) is 0.0833. The van der Waals surface area contributed by atoms with Gasteiger partial charge in [0.25, 0.3) is 0 Å². The van der Waals surface area contributed by atoms with Crippen molar-refractivity contribution in [3.63, 3.8) is 0 Å². The van der Waals surface area contributed by atoms with Crippen LogP contribution in [0.4, 0.5) is 10.5 Å². The van der Waals surface area contributed by atoms with Gasteiger partial charge < -0.3 is 20.6 Å². The first-order valence-corrected chi connectivity index (χ1v) is 6.45. The van der Waals surface area contributed by atoms with Gasteiger partial charge in [0.05, 0.1) is 17.3 Å². The van der Waals surface area contributed by atoms with Crippen molar-refractivity contribution in [1.82, 2.24) is 9.97 Å². The van der Waals surface area contributed by atoms with Gasteiger partial charge in [0.15, 0.2) is 5.76 Å². The number of amides is 1. The van der Waals surface area contributed by atoms with E-state index in [9.17, 15) is 4.79 Å². The molecular formula is C12H10N4O3S. The highest BCUT2D eigenvalue weighted by atomic mass is 32.1. The molecule has 102 valence electrons. The summed E-state index contributed by atoms with van der Waals surface area (Å²) in [4.78, 5) is 20.1. The molecular weight excluding hydrogens is 280 g/mol. The normalized spacial score (nSPS) is 10.8. The van der Waals surface area contributed by atoms with Crippen LogP contribution in [0.1, 0.15) is 5.82 Å². The number of hydrogen-bond acceptors (Lipinski definition) is 7. The fourth-order valence-electron chi connectivity index (χ4n) is 1.87. The first-order valence-electron chi connectivity index (χ1n) is 5.64. The number of rotatable bonds is 2. The van der Waals surface area contributed by atoms with Crippen molar-refractivity contribution in [3.8, 4) is 16.5 Å². The number of aromatic nitrogens is 2. The number of nitrogens with zero attached hydrogens (tertiary/aromatic N) is 2. The Labute approximate surface area is 117 Å². The zero-order chi connectivity index (χ0) is 14.3. The summed E-state index contributed by atoms with van der Waals surface area (Å²) in [7, 11) is 0. The Morgan fingerprint density at radius 2 is 2.25 bits per heavy atom. The van der Waals surface area contributed by atoms with E-state index < -0.39 is 6.09 Å². The van der Waals surface area contributed by atoms with Gasteiger partial charge >= 0.3 is 6.09 Å². The molecule has 0 spiro atoms. The number of thiophene rings is 1. The van der Waals surface area contributed by atoms with Crippen LogP contribution in [0, 0.1) is 6.92 Å². The predicted octanol–water partition coefficient (Wildman–Crippen LogP) is 2.30. The zero-order valence-electron chi connectivity index (χ0n) is 10.4. The van der Waals surface area contributed by atoms with Crippen LogP contribution in [0.3, 0.4) is 0 Å². The van der Waals surface area contributed by atoms with Crippen LogP contribution in [0.25, 0.3) is 21.7 Å². The lowest BCUT2D eigenvalue weighted by atomic mass is 10.2. The van der Waals surface area contributed by atoms with Gasteiger partial charge in [-0.25, -0.2) is 14.8 Å². The first-order chi connectivity index (χ1) is 9.56. The summed E-state index contributed by atoms with van der Waals surface area (Å²) in [5.41, 5.74) is 11.8. The summed E-state index contributed by atoms with van der Waals surface area (Å²) in [6.07, 6.45) is 0.620. The third-order valence-electron chi connectivity index (χ3n) is 2.61. The second kappa shape index (κ2) is 4.49. The summed E-state index contributed by atoms with van der Waals surface area (Å²) in [6, 6.07) is 3.52. The number of nitrogens with two attached hydrogens (primary N) is 2. The quantitative estimate of drug-likeness (QED) is 0.747. The third kappa shape index (κ3) is 1.95. The second-order valence-electron chi connectivity index (χ2n) is 4.00. The van der Waals surface area contributed by atoms with Gasteiger partial charge in [-0.3, -0.25) is 0 Å². The van der Waals surface area contributed by atoms with Crippen LogP contribution in [0.2, 0.25) is 0 Å². The summed E-state index contributed by atoms with van der Waals surface area (Å²) >= 11 is 1.14. The monoisotopic (exact) mass is 290 g/mol. The van der Waals surface area contributed by atoms with E-state index in [1.165, 1.54) is 0 Å². The Morgan fingerprint density at radius 1 is 1.45 bits per heavy atom. The summed E-state index contributed by atoms with van der Waals surface area (Å²) < 4.78 is 10.2. The van der Waals surface area contributed by atoms with Crippen LogP contribution in [-0.4, -0.2) is 16.1 Å². The molecule has 0 saturated heterocycles. The van der Waals surface area contributed by atoms with Gasteiger partial charge in [-0.2, -0.15) is 0 Å². The highest BCUT2D eigenvalue weighted by molar-refractivity contribution is 7.21.